The smallest absolute Gasteiger partial charge is 0.306 e. The summed E-state index contributed by atoms with van der Waals surface area (Å²) < 4.78 is 19.6. The van der Waals surface area contributed by atoms with E-state index in [2.05, 4.69) is 4.98 Å². The number of hydrogen-bond acceptors (Lipinski definition) is 3. The lowest BCUT2D eigenvalue weighted by Gasteiger charge is -2.20. The number of nitrogens with zero attached hydrogens (tertiary/aromatic N) is 1. The summed E-state index contributed by atoms with van der Waals surface area (Å²) >= 11 is 0. The Labute approximate surface area is 139 Å². The van der Waals surface area contributed by atoms with Crippen LogP contribution in [-0.2, 0) is 4.79 Å². The van der Waals surface area contributed by atoms with Gasteiger partial charge in [-0.3, -0.25) is 9.78 Å². The molecule has 1 N–H and O–H groups in total. The van der Waals surface area contributed by atoms with Crippen molar-refractivity contribution in [1.29, 1.82) is 0 Å². The first-order valence-corrected chi connectivity index (χ1v) is 8.52. The Bertz CT molecular complexity index is 781. The fraction of sp³-hybridized carbons (Fsp3) is 0.474. The van der Waals surface area contributed by atoms with Crippen LogP contribution in [0.2, 0.25) is 0 Å². The molecule has 0 radical (unpaired) electrons. The first-order chi connectivity index (χ1) is 11.6. The van der Waals surface area contributed by atoms with Gasteiger partial charge in [-0.1, -0.05) is 6.92 Å². The van der Waals surface area contributed by atoms with Crippen LogP contribution in [0.15, 0.2) is 30.5 Å². The zero-order valence-electron chi connectivity index (χ0n) is 13.5. The molecular weight excluding hydrogens is 309 g/mol. The highest BCUT2D eigenvalue weighted by Gasteiger charge is 2.60. The number of pyridine rings is 1. The Balaban J connectivity index is 1.46. The van der Waals surface area contributed by atoms with Crippen LogP contribution in [0.4, 0.5) is 4.39 Å². The molecule has 2 aliphatic rings. The summed E-state index contributed by atoms with van der Waals surface area (Å²) in [6, 6.07) is 6.27. The summed E-state index contributed by atoms with van der Waals surface area (Å²) in [4.78, 5) is 15.6. The summed E-state index contributed by atoms with van der Waals surface area (Å²) in [7, 11) is 0. The van der Waals surface area contributed by atoms with E-state index in [9.17, 15) is 14.3 Å². The molecule has 2 aromatic rings. The van der Waals surface area contributed by atoms with Crippen molar-refractivity contribution in [3.8, 4) is 5.75 Å². The molecule has 2 fully saturated rings. The predicted octanol–water partition coefficient (Wildman–Crippen LogP) is 3.89. The molecule has 1 unspecified atom stereocenters. The second-order valence-electron chi connectivity index (χ2n) is 6.94. The zero-order valence-corrected chi connectivity index (χ0v) is 13.5. The van der Waals surface area contributed by atoms with E-state index >= 15 is 0 Å². The molecule has 5 heteroatoms. The number of carboxylic acids is 1. The molecule has 4 rings (SSSR count). The average Bonchev–Trinajstić information content (AvgIpc) is 3.02. The van der Waals surface area contributed by atoms with E-state index in [1.165, 1.54) is 12.1 Å². The number of rotatable bonds is 5. The minimum absolute atomic E-state index is 0.0800. The van der Waals surface area contributed by atoms with Crippen LogP contribution in [-0.4, -0.2) is 22.2 Å². The van der Waals surface area contributed by atoms with Crippen molar-refractivity contribution in [3.05, 3.63) is 36.3 Å². The van der Waals surface area contributed by atoms with E-state index in [1.54, 1.807) is 18.3 Å². The molecule has 4 nitrogen and oxygen atoms in total. The number of benzene rings is 1. The van der Waals surface area contributed by atoms with Crippen LogP contribution in [0.5, 0.6) is 5.75 Å². The molecule has 1 heterocycles. The molecule has 0 amide bonds. The lowest BCUT2D eigenvalue weighted by Crippen LogP contribution is -2.22. The number of ether oxygens (including phenoxy) is 1. The summed E-state index contributed by atoms with van der Waals surface area (Å²) in [6.07, 6.45) is 4.21. The first kappa shape index (κ1) is 15.4. The first-order valence-electron chi connectivity index (χ1n) is 8.52. The predicted molar refractivity (Wildman–Crippen MR) is 87.2 cm³/mol. The standard InChI is InChI=1S/C19H20FNO3/c1-2-12(19(22)23)18-13-8-11(9-14(13)18)24-17-5-6-21-16-4-3-10(20)7-15(16)17/h3-7,11-14,18H,2,8-9H2,1H3,(H,22,23)/t11-,12?,13+,14-,18-. The Morgan fingerprint density at radius 1 is 1.38 bits per heavy atom. The van der Waals surface area contributed by atoms with Crippen LogP contribution in [0.25, 0.3) is 10.9 Å². The highest BCUT2D eigenvalue weighted by atomic mass is 19.1. The van der Waals surface area contributed by atoms with Crippen LogP contribution < -0.4 is 4.74 Å². The molecule has 0 saturated heterocycles. The lowest BCUT2D eigenvalue weighted by atomic mass is 9.94. The largest absolute Gasteiger partial charge is 0.490 e. The van der Waals surface area contributed by atoms with Crippen molar-refractivity contribution in [3.63, 3.8) is 0 Å². The number of aliphatic carboxylic acids is 1. The van der Waals surface area contributed by atoms with Gasteiger partial charge in [-0.2, -0.15) is 0 Å². The number of carbonyl (C=O) groups is 1. The molecular formula is C19H20FNO3. The molecule has 24 heavy (non-hydrogen) atoms. The highest BCUT2D eigenvalue weighted by Crippen LogP contribution is 2.61. The Hall–Kier alpha value is -2.17. The summed E-state index contributed by atoms with van der Waals surface area (Å²) in [5, 5.41) is 10.00. The van der Waals surface area contributed by atoms with E-state index in [-0.39, 0.29) is 17.8 Å². The summed E-state index contributed by atoms with van der Waals surface area (Å²) in [5.41, 5.74) is 0.715. The van der Waals surface area contributed by atoms with Gasteiger partial charge in [-0.25, -0.2) is 4.39 Å². The fourth-order valence-electron chi connectivity index (χ4n) is 4.52. The number of carboxylic acid groups (broad SMARTS) is 1. The number of halogens is 1. The Morgan fingerprint density at radius 3 is 2.79 bits per heavy atom. The van der Waals surface area contributed by atoms with E-state index < -0.39 is 5.97 Å². The molecule has 2 aliphatic carbocycles. The van der Waals surface area contributed by atoms with Gasteiger partial charge in [0.1, 0.15) is 11.6 Å². The van der Waals surface area contributed by atoms with Crippen LogP contribution in [0.1, 0.15) is 26.2 Å². The third kappa shape index (κ3) is 2.52. The highest BCUT2D eigenvalue weighted by molar-refractivity contribution is 5.84. The minimum Gasteiger partial charge on any atom is -0.490 e. The molecule has 1 aromatic carbocycles. The van der Waals surface area contributed by atoms with Crippen LogP contribution >= 0.6 is 0 Å². The molecule has 1 aromatic heterocycles. The topological polar surface area (TPSA) is 59.4 Å². The van der Waals surface area contributed by atoms with Gasteiger partial charge in [0.05, 0.1) is 17.5 Å². The van der Waals surface area contributed by atoms with Crippen molar-refractivity contribution in [2.45, 2.75) is 32.3 Å². The maximum absolute atomic E-state index is 13.5. The third-order valence-corrected chi connectivity index (χ3v) is 5.65. The van der Waals surface area contributed by atoms with Gasteiger partial charge in [0, 0.05) is 11.6 Å². The van der Waals surface area contributed by atoms with Crippen LogP contribution in [0.3, 0.4) is 0 Å². The van der Waals surface area contributed by atoms with Crippen molar-refractivity contribution >= 4 is 16.9 Å². The Kier molecular flexibility index (Phi) is 3.66. The zero-order chi connectivity index (χ0) is 16.8. The van der Waals surface area contributed by atoms with Gasteiger partial charge >= 0.3 is 5.97 Å². The second kappa shape index (κ2) is 5.72. The molecule has 0 spiro atoms. The van der Waals surface area contributed by atoms with Gasteiger partial charge in [0.15, 0.2) is 0 Å². The van der Waals surface area contributed by atoms with E-state index in [0.717, 1.165) is 12.8 Å². The third-order valence-electron chi connectivity index (χ3n) is 5.65. The van der Waals surface area contributed by atoms with Gasteiger partial charge in [-0.05, 0) is 61.3 Å². The average molecular weight is 329 g/mol. The molecule has 2 saturated carbocycles. The normalized spacial score (nSPS) is 29.2. The SMILES string of the molecule is CCC(C(=O)O)[C@H]1[C@@H]2C[C@H](Oc3ccnc4ccc(F)cc34)C[C@@H]21. The number of hydrogen-bond donors (Lipinski definition) is 1. The molecule has 0 aliphatic heterocycles. The maximum Gasteiger partial charge on any atom is 0.306 e. The molecule has 0 bridgehead atoms. The van der Waals surface area contributed by atoms with Crippen molar-refractivity contribution in [2.75, 3.05) is 0 Å². The maximum atomic E-state index is 13.5. The summed E-state index contributed by atoms with van der Waals surface area (Å²) in [5.74, 6) is 0.678. The fourth-order valence-corrected chi connectivity index (χ4v) is 4.52. The van der Waals surface area contributed by atoms with E-state index in [1.807, 2.05) is 6.92 Å². The summed E-state index contributed by atoms with van der Waals surface area (Å²) in [6.45, 7) is 1.94. The van der Waals surface area contributed by atoms with Gasteiger partial charge in [-0.15, -0.1) is 0 Å². The van der Waals surface area contributed by atoms with E-state index in [0.29, 0.717) is 40.8 Å². The van der Waals surface area contributed by atoms with Gasteiger partial charge in [0.25, 0.3) is 0 Å². The quantitative estimate of drug-likeness (QED) is 0.904. The lowest BCUT2D eigenvalue weighted by molar-refractivity contribution is -0.143. The van der Waals surface area contributed by atoms with Crippen molar-refractivity contribution in [2.24, 2.45) is 23.7 Å². The Morgan fingerprint density at radius 2 is 2.12 bits per heavy atom. The van der Waals surface area contributed by atoms with Gasteiger partial charge in [0.2, 0.25) is 0 Å². The van der Waals surface area contributed by atoms with Crippen molar-refractivity contribution < 1.29 is 19.0 Å². The molecule has 126 valence electrons. The van der Waals surface area contributed by atoms with Crippen LogP contribution in [0, 0.1) is 29.5 Å². The number of fused-ring (bicyclic) bond motifs is 2. The minimum atomic E-state index is -0.676. The van der Waals surface area contributed by atoms with E-state index in [4.69, 9.17) is 4.74 Å². The second-order valence-corrected chi connectivity index (χ2v) is 6.94. The van der Waals surface area contributed by atoms with Crippen molar-refractivity contribution in [1.82, 2.24) is 4.98 Å². The molecule has 5 atom stereocenters. The van der Waals surface area contributed by atoms with Gasteiger partial charge < -0.3 is 9.84 Å². The number of aromatic nitrogens is 1. The monoisotopic (exact) mass is 329 g/mol.